The largest absolute Gasteiger partial charge is 0.160 e. The van der Waals surface area contributed by atoms with Crippen LogP contribution in [0.4, 0.5) is 0 Å². The summed E-state index contributed by atoms with van der Waals surface area (Å²) in [7, 11) is 0. The van der Waals surface area contributed by atoms with Crippen molar-refractivity contribution in [1.82, 2.24) is 0 Å². The normalized spacial score (nSPS) is 15.7. The van der Waals surface area contributed by atoms with Crippen molar-refractivity contribution in [3.8, 4) is 0 Å². The van der Waals surface area contributed by atoms with Gasteiger partial charge in [0.25, 0.3) is 0 Å². The summed E-state index contributed by atoms with van der Waals surface area (Å²) in [6.07, 6.45) is 21.8. The van der Waals surface area contributed by atoms with Crippen molar-refractivity contribution < 1.29 is 0 Å². The Morgan fingerprint density at radius 2 is 1.39 bits per heavy atom. The van der Waals surface area contributed by atoms with Crippen molar-refractivity contribution >= 4 is 32.1 Å². The van der Waals surface area contributed by atoms with Crippen molar-refractivity contribution in [2.45, 2.75) is 63.9 Å². The summed E-state index contributed by atoms with van der Waals surface area (Å²) in [5.41, 5.74) is 5.25. The summed E-state index contributed by atoms with van der Waals surface area (Å²) in [5, 5.41) is 2.75. The van der Waals surface area contributed by atoms with Gasteiger partial charge in [-0.1, -0.05) is 94.0 Å². The molecule has 1 atom stereocenters. The molecule has 0 N–H and O–H groups in total. The molecule has 0 nitrogen and oxygen atoms in total. The second kappa shape index (κ2) is 13.0. The molecule has 1 aliphatic carbocycles. The number of hydrogen-bond acceptors (Lipinski definition) is 0. The Bertz CT molecular complexity index is 865. The number of hydrogen-bond donors (Lipinski definition) is 0. The van der Waals surface area contributed by atoms with E-state index in [4.69, 9.17) is 0 Å². The van der Waals surface area contributed by atoms with Gasteiger partial charge in [-0.05, 0) is 55.3 Å². The first-order valence-corrected chi connectivity index (χ1v) is 15.6. The van der Waals surface area contributed by atoms with Gasteiger partial charge in [-0.25, -0.2) is 0 Å². The van der Waals surface area contributed by atoms with Gasteiger partial charge in [0.15, 0.2) is 21.5 Å². The molecule has 0 fully saturated rings. The lowest BCUT2D eigenvalue weighted by Crippen LogP contribution is -2.28. The van der Waals surface area contributed by atoms with Crippen LogP contribution in [0.2, 0.25) is 0 Å². The van der Waals surface area contributed by atoms with Crippen LogP contribution in [0.1, 0.15) is 58.3 Å². The molecule has 31 heavy (non-hydrogen) atoms. The second-order valence-corrected chi connectivity index (χ2v) is 14.4. The first-order chi connectivity index (χ1) is 15.3. The van der Waals surface area contributed by atoms with Gasteiger partial charge in [-0.3, -0.25) is 0 Å². The molecule has 0 aromatic heterocycles. The molecule has 2 heteroatoms. The predicted molar refractivity (Wildman–Crippen MR) is 144 cm³/mol. The SMILES string of the molecule is CCCCCCCCCC=C=C1C=CC=CC1[P+](Br)(c1ccccc1)c1ccccc1. The third-order valence-corrected chi connectivity index (χ3v) is 13.0. The number of rotatable bonds is 11. The Labute approximate surface area is 197 Å². The van der Waals surface area contributed by atoms with Gasteiger partial charge >= 0.3 is 0 Å². The van der Waals surface area contributed by atoms with E-state index < -0.39 is 5.96 Å². The number of allylic oxidation sites excluding steroid dienone is 5. The lowest BCUT2D eigenvalue weighted by atomic mass is 10.1. The van der Waals surface area contributed by atoms with E-state index >= 15 is 0 Å². The third kappa shape index (κ3) is 6.66. The van der Waals surface area contributed by atoms with E-state index in [0.29, 0.717) is 0 Å². The second-order valence-electron chi connectivity index (χ2n) is 8.21. The highest BCUT2D eigenvalue weighted by atomic mass is 79.9. The molecule has 0 heterocycles. The topological polar surface area (TPSA) is 0 Å². The molecule has 1 aliphatic rings. The zero-order valence-corrected chi connectivity index (χ0v) is 21.2. The van der Waals surface area contributed by atoms with Gasteiger partial charge in [0.1, 0.15) is 16.3 Å². The summed E-state index contributed by atoms with van der Waals surface area (Å²) in [6.45, 7) is 2.28. The molecule has 2 aromatic rings. The van der Waals surface area contributed by atoms with Crippen LogP contribution in [-0.4, -0.2) is 5.66 Å². The molecular weight excluding hydrogens is 459 g/mol. The van der Waals surface area contributed by atoms with E-state index in [-0.39, 0.29) is 5.66 Å². The standard InChI is InChI=1S/C29H35BrP/c1-2-3-4-5-6-7-8-9-12-19-26-20-17-18-25-29(26)31(30,27-21-13-10-14-22-27)28-23-15-11-16-24-28/h10-18,20-25,29H,2-9H2,1H3/q+1. The molecule has 0 bridgehead atoms. The van der Waals surface area contributed by atoms with Gasteiger partial charge in [-0.2, -0.15) is 0 Å². The number of unbranched alkanes of at least 4 members (excludes halogenated alkanes) is 7. The van der Waals surface area contributed by atoms with Crippen LogP contribution in [0.15, 0.2) is 102 Å². The first-order valence-electron chi connectivity index (χ1n) is 11.8. The molecule has 1 unspecified atom stereocenters. The monoisotopic (exact) mass is 493 g/mol. The van der Waals surface area contributed by atoms with E-state index in [9.17, 15) is 0 Å². The molecule has 3 rings (SSSR count). The number of benzene rings is 2. The van der Waals surface area contributed by atoms with Crippen LogP contribution in [-0.2, 0) is 0 Å². The van der Waals surface area contributed by atoms with Crippen LogP contribution in [0.25, 0.3) is 0 Å². The Balaban J connectivity index is 1.78. The zero-order valence-electron chi connectivity index (χ0n) is 18.7. The fraction of sp³-hybridized carbons (Fsp3) is 0.345. The summed E-state index contributed by atoms with van der Waals surface area (Å²) in [6, 6.07) is 21.9. The van der Waals surface area contributed by atoms with Gasteiger partial charge in [0.2, 0.25) is 0 Å². The van der Waals surface area contributed by atoms with Crippen molar-refractivity contribution in [2.75, 3.05) is 0 Å². The molecule has 2 aromatic carbocycles. The Morgan fingerprint density at radius 1 is 0.806 bits per heavy atom. The Kier molecular flexibility index (Phi) is 10.1. The van der Waals surface area contributed by atoms with Crippen molar-refractivity contribution in [3.05, 3.63) is 102 Å². The van der Waals surface area contributed by atoms with Gasteiger partial charge in [-0.15, -0.1) is 5.73 Å². The fourth-order valence-corrected chi connectivity index (χ4v) is 9.65. The van der Waals surface area contributed by atoms with Crippen molar-refractivity contribution in [1.29, 1.82) is 0 Å². The van der Waals surface area contributed by atoms with Gasteiger partial charge < -0.3 is 0 Å². The molecule has 0 aliphatic heterocycles. The molecule has 0 spiro atoms. The van der Waals surface area contributed by atoms with Crippen LogP contribution >= 0.6 is 21.5 Å². The first kappa shape index (κ1) is 24.0. The van der Waals surface area contributed by atoms with E-state index in [1.54, 1.807) is 0 Å². The van der Waals surface area contributed by atoms with Crippen LogP contribution in [0.5, 0.6) is 0 Å². The average molecular weight is 494 g/mol. The smallest absolute Gasteiger partial charge is 0.117 e. The molecule has 0 radical (unpaired) electrons. The lowest BCUT2D eigenvalue weighted by Gasteiger charge is -2.28. The molecule has 162 valence electrons. The van der Waals surface area contributed by atoms with E-state index in [1.165, 1.54) is 61.1 Å². The molecule has 0 saturated carbocycles. The van der Waals surface area contributed by atoms with Crippen molar-refractivity contribution in [2.24, 2.45) is 0 Å². The van der Waals surface area contributed by atoms with Crippen molar-refractivity contribution in [3.63, 3.8) is 0 Å². The average Bonchev–Trinajstić information content (AvgIpc) is 2.84. The lowest BCUT2D eigenvalue weighted by molar-refractivity contribution is 0.592. The highest BCUT2D eigenvalue weighted by molar-refractivity contribution is 9.44. The maximum atomic E-state index is 4.32. The minimum Gasteiger partial charge on any atom is -0.117 e. The highest BCUT2D eigenvalue weighted by Gasteiger charge is 2.49. The summed E-state index contributed by atoms with van der Waals surface area (Å²) in [5.74, 6) is -1.83. The Morgan fingerprint density at radius 3 is 2.00 bits per heavy atom. The fourth-order valence-electron chi connectivity index (χ4n) is 4.13. The quantitative estimate of drug-likeness (QED) is 0.167. The van der Waals surface area contributed by atoms with Crippen LogP contribution < -0.4 is 10.6 Å². The van der Waals surface area contributed by atoms with E-state index in [0.717, 1.165) is 6.42 Å². The zero-order chi connectivity index (χ0) is 21.8. The maximum Gasteiger partial charge on any atom is 0.160 e. The van der Waals surface area contributed by atoms with E-state index in [1.807, 2.05) is 0 Å². The number of halogens is 1. The van der Waals surface area contributed by atoms with Gasteiger partial charge in [0.05, 0.1) is 0 Å². The van der Waals surface area contributed by atoms with Gasteiger partial charge in [0, 0.05) is 5.57 Å². The molecule has 0 saturated heterocycles. The van der Waals surface area contributed by atoms with E-state index in [2.05, 4.69) is 119 Å². The maximum absolute atomic E-state index is 4.32. The molecular formula is C29H35BrP+. The third-order valence-electron chi connectivity index (χ3n) is 5.87. The summed E-state index contributed by atoms with van der Waals surface area (Å²) >= 11 is 4.32. The molecule has 0 amide bonds. The summed E-state index contributed by atoms with van der Waals surface area (Å²) in [4.78, 5) is 0. The van der Waals surface area contributed by atoms with Crippen LogP contribution in [0, 0.1) is 0 Å². The Hall–Kier alpha value is -1.65. The highest BCUT2D eigenvalue weighted by Crippen LogP contribution is 2.70. The summed E-state index contributed by atoms with van der Waals surface area (Å²) < 4.78 is 0. The minimum absolute atomic E-state index is 0.285. The van der Waals surface area contributed by atoms with Crippen LogP contribution in [0.3, 0.4) is 0 Å². The predicted octanol–water partition coefficient (Wildman–Crippen LogP) is 8.68. The minimum atomic E-state index is -1.83.